The van der Waals surface area contributed by atoms with Crippen molar-refractivity contribution in [3.63, 3.8) is 0 Å². The molecule has 0 atom stereocenters. The standard InChI is InChI=1S/C30H32N4O2S/c1-31-30(36)27-12-11-26(37-27)23-9-7-21(8-10-23)19-33-29(35)25-15-18-34(20-22-13-16-32-17-14-22)28(25)24-5-3-2-4-6-24/h2-12,15,18,22,32H,13-14,16-17,19-20H2,1H3,(H,31,36)(H,33,35). The second kappa shape index (κ2) is 11.6. The first-order valence-corrected chi connectivity index (χ1v) is 13.6. The molecule has 0 unspecified atom stereocenters. The monoisotopic (exact) mass is 512 g/mol. The molecule has 1 aliphatic heterocycles. The SMILES string of the molecule is CNC(=O)c1ccc(-c2ccc(CNC(=O)c3ccn(CC4CCNCC4)c3-c3ccccc3)cc2)s1. The molecule has 0 radical (unpaired) electrons. The maximum absolute atomic E-state index is 13.3. The van der Waals surface area contributed by atoms with E-state index < -0.39 is 0 Å². The predicted octanol–water partition coefficient (Wildman–Crippen LogP) is 5.17. The van der Waals surface area contributed by atoms with Crippen LogP contribution in [-0.4, -0.2) is 36.5 Å². The molecule has 0 bridgehead atoms. The Bertz CT molecular complexity index is 1350. The van der Waals surface area contributed by atoms with Gasteiger partial charge in [-0.3, -0.25) is 9.59 Å². The number of piperidine rings is 1. The normalized spacial score (nSPS) is 13.9. The fourth-order valence-corrected chi connectivity index (χ4v) is 5.83. The third kappa shape index (κ3) is 5.84. The van der Waals surface area contributed by atoms with Gasteiger partial charge in [-0.05, 0) is 66.7 Å². The Kier molecular flexibility index (Phi) is 7.82. The first-order valence-electron chi connectivity index (χ1n) is 12.8. The Labute approximate surface area is 221 Å². The molecule has 0 saturated carbocycles. The van der Waals surface area contributed by atoms with Crippen LogP contribution in [0.3, 0.4) is 0 Å². The van der Waals surface area contributed by atoms with Gasteiger partial charge in [0.05, 0.1) is 16.1 Å². The summed E-state index contributed by atoms with van der Waals surface area (Å²) in [5, 5.41) is 9.21. The van der Waals surface area contributed by atoms with E-state index in [1.54, 1.807) is 7.05 Å². The summed E-state index contributed by atoms with van der Waals surface area (Å²) in [6, 6.07) is 24.1. The number of hydrogen-bond donors (Lipinski definition) is 3. The minimum Gasteiger partial charge on any atom is -0.354 e. The van der Waals surface area contributed by atoms with Gasteiger partial charge in [0.1, 0.15) is 0 Å². The number of benzene rings is 2. The minimum atomic E-state index is -0.0740. The van der Waals surface area contributed by atoms with Crippen LogP contribution in [0, 0.1) is 5.92 Å². The molecule has 4 aromatic rings. The number of carbonyl (C=O) groups is 2. The van der Waals surface area contributed by atoms with E-state index >= 15 is 0 Å². The van der Waals surface area contributed by atoms with E-state index in [2.05, 4.69) is 38.8 Å². The molecule has 3 heterocycles. The van der Waals surface area contributed by atoms with Crippen LogP contribution in [0.1, 0.15) is 38.4 Å². The zero-order chi connectivity index (χ0) is 25.6. The van der Waals surface area contributed by atoms with Crippen molar-refractivity contribution < 1.29 is 9.59 Å². The molecule has 7 heteroatoms. The zero-order valence-corrected chi connectivity index (χ0v) is 21.8. The smallest absolute Gasteiger partial charge is 0.261 e. The highest BCUT2D eigenvalue weighted by atomic mass is 32.1. The van der Waals surface area contributed by atoms with Gasteiger partial charge in [-0.15, -0.1) is 11.3 Å². The summed E-state index contributed by atoms with van der Waals surface area (Å²) < 4.78 is 2.25. The van der Waals surface area contributed by atoms with Crippen molar-refractivity contribution in [1.29, 1.82) is 0 Å². The fourth-order valence-electron chi connectivity index (χ4n) is 4.87. The van der Waals surface area contributed by atoms with E-state index in [9.17, 15) is 9.59 Å². The van der Waals surface area contributed by atoms with Crippen LogP contribution >= 0.6 is 11.3 Å². The molecule has 0 aliphatic carbocycles. The van der Waals surface area contributed by atoms with Gasteiger partial charge in [-0.1, -0.05) is 54.6 Å². The van der Waals surface area contributed by atoms with Crippen LogP contribution in [0.25, 0.3) is 21.7 Å². The molecule has 6 nitrogen and oxygen atoms in total. The number of amides is 2. The fraction of sp³-hybridized carbons (Fsp3) is 0.267. The van der Waals surface area contributed by atoms with Gasteiger partial charge in [-0.25, -0.2) is 0 Å². The van der Waals surface area contributed by atoms with Gasteiger partial charge in [-0.2, -0.15) is 0 Å². The van der Waals surface area contributed by atoms with Gasteiger partial charge in [0.15, 0.2) is 0 Å². The number of thiophene rings is 1. The molecule has 3 N–H and O–H groups in total. The molecule has 1 saturated heterocycles. The lowest BCUT2D eigenvalue weighted by Gasteiger charge is -2.24. The molecule has 1 aliphatic rings. The Morgan fingerprint density at radius 2 is 1.68 bits per heavy atom. The maximum atomic E-state index is 13.3. The number of nitrogens with zero attached hydrogens (tertiary/aromatic N) is 1. The van der Waals surface area contributed by atoms with Gasteiger partial charge in [0.2, 0.25) is 0 Å². The quantitative estimate of drug-likeness (QED) is 0.305. The average Bonchev–Trinajstić information content (AvgIpc) is 3.61. The highest BCUT2D eigenvalue weighted by Crippen LogP contribution is 2.29. The third-order valence-corrected chi connectivity index (χ3v) is 8.05. The Hall–Kier alpha value is -3.68. The summed E-state index contributed by atoms with van der Waals surface area (Å²) in [5.74, 6) is 0.469. The number of carbonyl (C=O) groups excluding carboxylic acids is 2. The molecule has 2 amide bonds. The second-order valence-electron chi connectivity index (χ2n) is 9.41. The summed E-state index contributed by atoms with van der Waals surface area (Å²) >= 11 is 1.47. The largest absolute Gasteiger partial charge is 0.354 e. The van der Waals surface area contributed by atoms with Crippen LogP contribution in [-0.2, 0) is 13.1 Å². The molecule has 2 aromatic carbocycles. The summed E-state index contributed by atoms with van der Waals surface area (Å²) in [6.07, 6.45) is 4.37. The van der Waals surface area contributed by atoms with E-state index in [-0.39, 0.29) is 11.8 Å². The molecule has 1 fully saturated rings. The Morgan fingerprint density at radius 3 is 2.41 bits per heavy atom. The first-order chi connectivity index (χ1) is 18.1. The Morgan fingerprint density at radius 1 is 0.919 bits per heavy atom. The lowest BCUT2D eigenvalue weighted by atomic mass is 9.97. The minimum absolute atomic E-state index is 0.0690. The van der Waals surface area contributed by atoms with Crippen LogP contribution in [0.15, 0.2) is 79.0 Å². The van der Waals surface area contributed by atoms with Crippen molar-refractivity contribution in [2.24, 2.45) is 5.92 Å². The van der Waals surface area contributed by atoms with Gasteiger partial charge in [0.25, 0.3) is 11.8 Å². The Balaban J connectivity index is 1.29. The summed E-state index contributed by atoms with van der Waals surface area (Å²) in [6.45, 7) is 3.48. The summed E-state index contributed by atoms with van der Waals surface area (Å²) in [4.78, 5) is 26.9. The number of hydrogen-bond acceptors (Lipinski definition) is 4. The van der Waals surface area contributed by atoms with Crippen molar-refractivity contribution in [1.82, 2.24) is 20.5 Å². The molecule has 5 rings (SSSR count). The maximum Gasteiger partial charge on any atom is 0.261 e. The highest BCUT2D eigenvalue weighted by molar-refractivity contribution is 7.17. The number of aromatic nitrogens is 1. The van der Waals surface area contributed by atoms with Gasteiger partial charge < -0.3 is 20.5 Å². The van der Waals surface area contributed by atoms with E-state index in [0.29, 0.717) is 22.9 Å². The third-order valence-electron chi connectivity index (χ3n) is 6.92. The van der Waals surface area contributed by atoms with Crippen LogP contribution in [0.5, 0.6) is 0 Å². The molecular formula is C30H32N4O2S. The topological polar surface area (TPSA) is 75.2 Å². The molecular weight excluding hydrogens is 480 g/mol. The summed E-state index contributed by atoms with van der Waals surface area (Å²) in [7, 11) is 1.64. The number of nitrogens with one attached hydrogen (secondary N) is 3. The number of rotatable bonds is 8. The van der Waals surface area contributed by atoms with Gasteiger partial charge in [0, 0.05) is 31.2 Å². The van der Waals surface area contributed by atoms with Crippen molar-refractivity contribution in [3.8, 4) is 21.7 Å². The van der Waals surface area contributed by atoms with Crippen LogP contribution < -0.4 is 16.0 Å². The summed E-state index contributed by atoms with van der Waals surface area (Å²) in [5.41, 5.74) is 4.82. The van der Waals surface area contributed by atoms with Crippen LogP contribution in [0.4, 0.5) is 0 Å². The van der Waals surface area contributed by atoms with Crippen molar-refractivity contribution in [2.45, 2.75) is 25.9 Å². The molecule has 37 heavy (non-hydrogen) atoms. The van der Waals surface area contributed by atoms with E-state index in [4.69, 9.17) is 0 Å². The molecule has 190 valence electrons. The van der Waals surface area contributed by atoms with Crippen molar-refractivity contribution >= 4 is 23.2 Å². The highest BCUT2D eigenvalue weighted by Gasteiger charge is 2.21. The first kappa shape index (κ1) is 25.0. The van der Waals surface area contributed by atoms with Crippen molar-refractivity contribution in [3.05, 3.63) is 95.0 Å². The molecule has 2 aromatic heterocycles. The van der Waals surface area contributed by atoms with E-state index in [1.807, 2.05) is 60.7 Å². The van der Waals surface area contributed by atoms with E-state index in [0.717, 1.165) is 59.7 Å². The van der Waals surface area contributed by atoms with Crippen molar-refractivity contribution in [2.75, 3.05) is 20.1 Å². The molecule has 0 spiro atoms. The predicted molar refractivity (Wildman–Crippen MR) is 150 cm³/mol. The van der Waals surface area contributed by atoms with Crippen LogP contribution in [0.2, 0.25) is 0 Å². The lowest BCUT2D eigenvalue weighted by molar-refractivity contribution is 0.0948. The van der Waals surface area contributed by atoms with Gasteiger partial charge >= 0.3 is 0 Å². The average molecular weight is 513 g/mol. The van der Waals surface area contributed by atoms with E-state index in [1.165, 1.54) is 11.3 Å². The lowest BCUT2D eigenvalue weighted by Crippen LogP contribution is -2.30. The second-order valence-corrected chi connectivity index (χ2v) is 10.5. The zero-order valence-electron chi connectivity index (χ0n) is 21.0.